The molecule has 1 aromatic rings. The summed E-state index contributed by atoms with van der Waals surface area (Å²) < 4.78 is 39.9. The number of nitrogens with zero attached hydrogens (tertiary/aromatic N) is 3. The normalized spacial score (nSPS) is 23.8. The minimum atomic E-state index is -3.17. The molecule has 0 radical (unpaired) electrons. The van der Waals surface area contributed by atoms with Crippen LogP contribution >= 0.6 is 15.9 Å². The van der Waals surface area contributed by atoms with Gasteiger partial charge in [-0.2, -0.15) is 0 Å². The molecule has 210 valence electrons. The van der Waals surface area contributed by atoms with E-state index >= 15 is 4.39 Å². The van der Waals surface area contributed by atoms with Gasteiger partial charge in [0.2, 0.25) is 0 Å². The molecule has 1 aromatic heterocycles. The molecule has 1 aliphatic heterocycles. The van der Waals surface area contributed by atoms with Crippen molar-refractivity contribution in [3.63, 3.8) is 0 Å². The largest absolute Gasteiger partial charge is 0.444 e. The lowest BCUT2D eigenvalue weighted by atomic mass is 9.98. The number of pyridine rings is 1. The molecule has 0 fully saturated rings. The number of alkyl carbamates (subject to hydrolysis) is 1. The number of aromatic nitrogens is 1. The second-order valence-electron chi connectivity index (χ2n) is 11.2. The number of carbonyl (C=O) groups excluding carboxylic acids is 1. The van der Waals surface area contributed by atoms with Crippen LogP contribution in [0.1, 0.15) is 68.0 Å². The number of aliphatic imine (C=N–C) groups is 1. The first-order valence-electron chi connectivity index (χ1n) is 12.7. The molecule has 1 amide bonds. The summed E-state index contributed by atoms with van der Waals surface area (Å²) in [5.74, 6) is -0.479. The molecule has 2 heterocycles. The molecule has 2 atom stereocenters. The van der Waals surface area contributed by atoms with E-state index in [-0.39, 0.29) is 30.4 Å². The van der Waals surface area contributed by atoms with Crippen molar-refractivity contribution in [2.45, 2.75) is 96.3 Å². The highest BCUT2D eigenvalue weighted by Gasteiger charge is 2.51. The minimum Gasteiger partial charge on any atom is -0.444 e. The summed E-state index contributed by atoms with van der Waals surface area (Å²) >= 11 is 3.48. The summed E-state index contributed by atoms with van der Waals surface area (Å²) in [4.78, 5) is 22.1. The van der Waals surface area contributed by atoms with Crippen LogP contribution in [-0.4, -0.2) is 63.6 Å². The number of hydrogen-bond donors (Lipinski definition) is 2. The molecule has 2 N–H and O–H groups in total. The lowest BCUT2D eigenvalue weighted by Crippen LogP contribution is -2.58. The fraction of sp³-hybridized carbons (Fsp3) is 0.720. The zero-order chi connectivity index (χ0) is 28.4. The SMILES string of the molecule is CC[Si](CC)(CC)c1cc(Br)nc([C@]2(C)C[S@@](=O)(=NCCO)C(C)(C)C(NC(=O)OC(C)(C)C)=N2)c1F. The zero-order valence-electron chi connectivity index (χ0n) is 23.5. The van der Waals surface area contributed by atoms with Crippen molar-refractivity contribution in [1.29, 1.82) is 0 Å². The van der Waals surface area contributed by atoms with E-state index < -0.39 is 45.6 Å². The molecule has 0 spiro atoms. The van der Waals surface area contributed by atoms with Crippen molar-refractivity contribution in [2.24, 2.45) is 9.36 Å². The van der Waals surface area contributed by atoms with Crippen LogP contribution in [0.15, 0.2) is 20.0 Å². The van der Waals surface area contributed by atoms with Gasteiger partial charge >= 0.3 is 6.09 Å². The highest BCUT2D eigenvalue weighted by Crippen LogP contribution is 2.39. The van der Waals surface area contributed by atoms with E-state index in [9.17, 15) is 14.1 Å². The summed E-state index contributed by atoms with van der Waals surface area (Å²) in [6.45, 7) is 16.2. The smallest absolute Gasteiger partial charge is 0.413 e. The van der Waals surface area contributed by atoms with Crippen molar-refractivity contribution in [3.05, 3.63) is 22.2 Å². The van der Waals surface area contributed by atoms with Gasteiger partial charge < -0.3 is 9.84 Å². The second kappa shape index (κ2) is 11.4. The first-order chi connectivity index (χ1) is 16.9. The van der Waals surface area contributed by atoms with Gasteiger partial charge in [-0.1, -0.05) is 38.9 Å². The van der Waals surface area contributed by atoms with Gasteiger partial charge in [0, 0.05) is 0 Å². The van der Waals surface area contributed by atoms with Gasteiger partial charge in [-0.05, 0) is 68.7 Å². The first kappa shape index (κ1) is 31.8. The number of ether oxygens (including phenoxy) is 1. The van der Waals surface area contributed by atoms with E-state index in [0.717, 1.165) is 18.1 Å². The number of nitrogens with one attached hydrogen (secondary N) is 1. The van der Waals surface area contributed by atoms with Crippen molar-refractivity contribution in [1.82, 2.24) is 10.3 Å². The Hall–Kier alpha value is -1.37. The van der Waals surface area contributed by atoms with Gasteiger partial charge in [0.25, 0.3) is 0 Å². The molecule has 0 aliphatic carbocycles. The Balaban J connectivity index is 2.86. The van der Waals surface area contributed by atoms with Gasteiger partial charge in [0.15, 0.2) is 0 Å². The van der Waals surface area contributed by atoms with Crippen molar-refractivity contribution in [3.8, 4) is 0 Å². The summed E-state index contributed by atoms with van der Waals surface area (Å²) in [5.41, 5.74) is -2.10. The third-order valence-corrected chi connectivity index (χ3v) is 16.6. The van der Waals surface area contributed by atoms with E-state index in [1.54, 1.807) is 47.6 Å². The Morgan fingerprint density at radius 2 is 1.84 bits per heavy atom. The van der Waals surface area contributed by atoms with E-state index in [1.165, 1.54) is 0 Å². The molecule has 12 heteroatoms. The maximum atomic E-state index is 16.5. The van der Waals surface area contributed by atoms with Crippen molar-refractivity contribution in [2.75, 3.05) is 18.9 Å². The highest BCUT2D eigenvalue weighted by atomic mass is 79.9. The second-order valence-corrected chi connectivity index (χ2v) is 20.1. The van der Waals surface area contributed by atoms with Crippen LogP contribution in [0.2, 0.25) is 18.1 Å². The number of aliphatic hydroxyl groups is 1. The van der Waals surface area contributed by atoms with E-state index in [4.69, 9.17) is 9.73 Å². The van der Waals surface area contributed by atoms with Gasteiger partial charge in [-0.15, -0.1) is 0 Å². The first-order valence-corrected chi connectivity index (χ1v) is 17.8. The fourth-order valence-electron chi connectivity index (χ4n) is 4.78. The molecular formula is C25H42BrFN4O4SSi. The van der Waals surface area contributed by atoms with E-state index in [0.29, 0.717) is 9.79 Å². The third-order valence-electron chi connectivity index (χ3n) is 7.26. The van der Waals surface area contributed by atoms with Gasteiger partial charge in [0.1, 0.15) is 37.8 Å². The molecule has 0 aromatic carbocycles. The van der Waals surface area contributed by atoms with Crippen LogP contribution in [-0.2, 0) is 20.0 Å². The summed E-state index contributed by atoms with van der Waals surface area (Å²) in [7, 11) is -5.33. The zero-order valence-corrected chi connectivity index (χ0v) is 26.9. The van der Waals surface area contributed by atoms with E-state index in [2.05, 4.69) is 51.4 Å². The van der Waals surface area contributed by atoms with Crippen LogP contribution in [0, 0.1) is 5.82 Å². The molecule has 2 rings (SSSR count). The Labute approximate surface area is 230 Å². The maximum Gasteiger partial charge on any atom is 0.413 e. The molecule has 1 aliphatic rings. The third kappa shape index (κ3) is 6.44. The quantitative estimate of drug-likeness (QED) is 0.326. The number of aliphatic hydroxyl groups excluding tert-OH is 1. The monoisotopic (exact) mass is 620 g/mol. The molecule has 0 saturated carbocycles. The lowest BCUT2D eigenvalue weighted by Gasteiger charge is -2.42. The number of hydrogen-bond acceptors (Lipinski definition) is 7. The summed E-state index contributed by atoms with van der Waals surface area (Å²) in [6, 6.07) is 4.38. The Morgan fingerprint density at radius 3 is 2.32 bits per heavy atom. The van der Waals surface area contributed by atoms with Crippen LogP contribution < -0.4 is 10.5 Å². The van der Waals surface area contributed by atoms with Crippen molar-refractivity contribution >= 4 is 50.8 Å². The number of carbonyl (C=O) groups is 1. The van der Waals surface area contributed by atoms with Crippen LogP contribution in [0.25, 0.3) is 0 Å². The topological polar surface area (TPSA) is 113 Å². The minimum absolute atomic E-state index is 0.0603. The standard InChI is InChI=1S/C25H42BrFN4O4SSi/c1-10-37(11-2,12-3)17-15-18(26)29-20(19(17)27)25(9)16-36(34,28-13-14-32)24(7,8)21(31-25)30-22(33)35-23(4,5)6/h15,32H,10-14,16H2,1-9H3,(H,30,31,33)/t25-,36-/m0/s1. The molecular weight excluding hydrogens is 579 g/mol. The van der Waals surface area contributed by atoms with Crippen LogP contribution in [0.5, 0.6) is 0 Å². The summed E-state index contributed by atoms with van der Waals surface area (Å²) in [5, 5.41) is 12.8. The maximum absolute atomic E-state index is 16.5. The highest BCUT2D eigenvalue weighted by molar-refractivity contribution is 9.10. The average molecular weight is 622 g/mol. The van der Waals surface area contributed by atoms with E-state index in [1.807, 2.05) is 0 Å². The molecule has 0 unspecified atom stereocenters. The molecule has 37 heavy (non-hydrogen) atoms. The van der Waals surface area contributed by atoms with Gasteiger partial charge in [-0.3, -0.25) is 10.3 Å². The fourth-order valence-corrected chi connectivity index (χ4v) is 11.6. The van der Waals surface area contributed by atoms with Crippen molar-refractivity contribution < 1.29 is 23.2 Å². The Kier molecular flexibility index (Phi) is 9.80. The van der Waals surface area contributed by atoms with Gasteiger partial charge in [0.05, 0.1) is 36.7 Å². The predicted octanol–water partition coefficient (Wildman–Crippen LogP) is 5.09. The van der Waals surface area contributed by atoms with Crippen LogP contribution in [0.3, 0.4) is 0 Å². The molecule has 8 nitrogen and oxygen atoms in total. The summed E-state index contributed by atoms with van der Waals surface area (Å²) in [6.07, 6.45) is -0.759. The number of rotatable bonds is 7. The number of amides is 1. The van der Waals surface area contributed by atoms with Gasteiger partial charge in [-0.25, -0.2) is 22.7 Å². The number of halogens is 2. The lowest BCUT2D eigenvalue weighted by molar-refractivity contribution is 0.0560. The van der Waals surface area contributed by atoms with Crippen LogP contribution in [0.4, 0.5) is 9.18 Å². The predicted molar refractivity (Wildman–Crippen MR) is 154 cm³/mol. The molecule has 0 bridgehead atoms. The Bertz CT molecular complexity index is 1170. The molecule has 0 saturated heterocycles. The average Bonchev–Trinajstić information content (AvgIpc) is 2.78. The number of amidine groups is 1. The Morgan fingerprint density at radius 1 is 1.27 bits per heavy atom.